The number of carbonyl (C=O) groups excluding carboxylic acids is 2. The monoisotopic (exact) mass is 320 g/mol. The van der Waals surface area contributed by atoms with Gasteiger partial charge in [0.1, 0.15) is 0 Å². The van der Waals surface area contributed by atoms with Gasteiger partial charge in [0.05, 0.1) is 11.3 Å². The number of halogens is 1. The molecule has 0 unspecified atom stereocenters. The Morgan fingerprint density at radius 2 is 2.00 bits per heavy atom. The van der Waals surface area contributed by atoms with Crippen molar-refractivity contribution in [3.63, 3.8) is 0 Å². The third-order valence-electron chi connectivity index (χ3n) is 5.12. The zero-order chi connectivity index (χ0) is 15.7. The molecule has 1 aliphatic heterocycles. The largest absolute Gasteiger partial charge is 0.369 e. The number of primary amides is 1. The van der Waals surface area contributed by atoms with Crippen LogP contribution < -0.4 is 5.73 Å². The average Bonchev–Trinajstić information content (AvgIpc) is 3.17. The normalized spacial score (nSPS) is 23.7. The maximum atomic E-state index is 13.2. The predicted octanol–water partition coefficient (Wildman–Crippen LogP) is 2.49. The molecule has 1 aromatic carbocycles. The van der Waals surface area contributed by atoms with Gasteiger partial charge in [0.15, 0.2) is 0 Å². The highest BCUT2D eigenvalue weighted by molar-refractivity contribution is 6.30. The van der Waals surface area contributed by atoms with Crippen LogP contribution in [0.4, 0.5) is 0 Å². The van der Waals surface area contributed by atoms with Crippen molar-refractivity contribution in [2.24, 2.45) is 11.7 Å². The standard InChI is InChI=1S/C17H21ClN2O2/c18-14-5-3-4-13(10-14)17(7-1-2-8-17)16(22)20-9-6-12(11-20)15(19)21/h3-5,10,12H,1-2,6-9,11H2,(H2,19,21)/t12-/m0/s1. The predicted molar refractivity (Wildman–Crippen MR) is 85.5 cm³/mol. The molecule has 22 heavy (non-hydrogen) atoms. The molecule has 1 aromatic rings. The summed E-state index contributed by atoms with van der Waals surface area (Å²) in [5, 5.41) is 0.660. The van der Waals surface area contributed by atoms with Crippen LogP contribution in [-0.4, -0.2) is 29.8 Å². The van der Waals surface area contributed by atoms with Crippen molar-refractivity contribution in [1.29, 1.82) is 0 Å². The lowest BCUT2D eigenvalue weighted by atomic mass is 9.77. The Kier molecular flexibility index (Phi) is 4.13. The fourth-order valence-electron chi connectivity index (χ4n) is 3.87. The van der Waals surface area contributed by atoms with Gasteiger partial charge in [0.25, 0.3) is 0 Å². The molecule has 1 saturated heterocycles. The molecule has 0 spiro atoms. The van der Waals surface area contributed by atoms with Crippen LogP contribution in [0.3, 0.4) is 0 Å². The van der Waals surface area contributed by atoms with Crippen molar-refractivity contribution in [1.82, 2.24) is 4.90 Å². The number of hydrogen-bond donors (Lipinski definition) is 1. The molecular formula is C17H21ClN2O2. The highest BCUT2D eigenvalue weighted by atomic mass is 35.5. The SMILES string of the molecule is NC(=O)[C@H]1CCN(C(=O)C2(c3cccc(Cl)c3)CCCC2)C1. The second-order valence-electron chi connectivity index (χ2n) is 6.44. The van der Waals surface area contributed by atoms with Gasteiger partial charge in [0, 0.05) is 18.1 Å². The van der Waals surface area contributed by atoms with E-state index in [2.05, 4.69) is 0 Å². The van der Waals surface area contributed by atoms with Crippen LogP contribution in [-0.2, 0) is 15.0 Å². The molecule has 5 heteroatoms. The first-order chi connectivity index (χ1) is 10.5. The molecule has 0 radical (unpaired) electrons. The van der Waals surface area contributed by atoms with Crippen LogP contribution in [0.2, 0.25) is 5.02 Å². The lowest BCUT2D eigenvalue weighted by Gasteiger charge is -2.33. The van der Waals surface area contributed by atoms with Crippen LogP contribution in [0.15, 0.2) is 24.3 Å². The summed E-state index contributed by atoms with van der Waals surface area (Å²) in [5.74, 6) is -0.378. The number of likely N-dealkylation sites (tertiary alicyclic amines) is 1. The highest BCUT2D eigenvalue weighted by Gasteiger charge is 2.46. The third kappa shape index (κ3) is 2.60. The topological polar surface area (TPSA) is 63.4 Å². The summed E-state index contributed by atoms with van der Waals surface area (Å²) < 4.78 is 0. The van der Waals surface area contributed by atoms with E-state index >= 15 is 0 Å². The van der Waals surface area contributed by atoms with Gasteiger partial charge < -0.3 is 10.6 Å². The van der Waals surface area contributed by atoms with Crippen molar-refractivity contribution in [2.75, 3.05) is 13.1 Å². The van der Waals surface area contributed by atoms with Gasteiger partial charge in [-0.2, -0.15) is 0 Å². The fraction of sp³-hybridized carbons (Fsp3) is 0.529. The minimum absolute atomic E-state index is 0.135. The van der Waals surface area contributed by atoms with Crippen molar-refractivity contribution >= 4 is 23.4 Å². The van der Waals surface area contributed by atoms with Gasteiger partial charge >= 0.3 is 0 Å². The van der Waals surface area contributed by atoms with Gasteiger partial charge in [-0.25, -0.2) is 0 Å². The van der Waals surface area contributed by atoms with Crippen molar-refractivity contribution in [3.05, 3.63) is 34.9 Å². The maximum Gasteiger partial charge on any atom is 0.233 e. The molecule has 1 atom stereocenters. The Labute approximate surface area is 135 Å². The van der Waals surface area contributed by atoms with E-state index < -0.39 is 5.41 Å². The molecule has 1 saturated carbocycles. The summed E-state index contributed by atoms with van der Waals surface area (Å²) in [4.78, 5) is 26.4. The Morgan fingerprint density at radius 3 is 2.59 bits per heavy atom. The van der Waals surface area contributed by atoms with E-state index in [1.54, 1.807) is 0 Å². The number of benzene rings is 1. The molecular weight excluding hydrogens is 300 g/mol. The van der Waals surface area contributed by atoms with Gasteiger partial charge in [-0.05, 0) is 37.0 Å². The molecule has 2 fully saturated rings. The first-order valence-corrected chi connectivity index (χ1v) is 8.25. The minimum atomic E-state index is -0.475. The van der Waals surface area contributed by atoms with Gasteiger partial charge in [-0.1, -0.05) is 36.6 Å². The molecule has 4 nitrogen and oxygen atoms in total. The van der Waals surface area contributed by atoms with Crippen LogP contribution in [0.25, 0.3) is 0 Å². The minimum Gasteiger partial charge on any atom is -0.369 e. The summed E-state index contributed by atoms with van der Waals surface area (Å²) in [6.07, 6.45) is 4.47. The summed E-state index contributed by atoms with van der Waals surface area (Å²) in [7, 11) is 0. The zero-order valence-corrected chi connectivity index (χ0v) is 13.3. The summed E-state index contributed by atoms with van der Waals surface area (Å²) in [6.45, 7) is 1.07. The number of amides is 2. The number of hydrogen-bond acceptors (Lipinski definition) is 2. The van der Waals surface area contributed by atoms with Crippen LogP contribution in [0.5, 0.6) is 0 Å². The lowest BCUT2D eigenvalue weighted by molar-refractivity contribution is -0.136. The Morgan fingerprint density at radius 1 is 1.27 bits per heavy atom. The number of nitrogens with zero attached hydrogens (tertiary/aromatic N) is 1. The van der Waals surface area contributed by atoms with Crippen LogP contribution in [0, 0.1) is 5.92 Å². The molecule has 1 aliphatic carbocycles. The van der Waals surface area contributed by atoms with Crippen molar-refractivity contribution < 1.29 is 9.59 Å². The molecule has 118 valence electrons. The van der Waals surface area contributed by atoms with Crippen molar-refractivity contribution in [2.45, 2.75) is 37.5 Å². The van der Waals surface area contributed by atoms with Crippen molar-refractivity contribution in [3.8, 4) is 0 Å². The quantitative estimate of drug-likeness (QED) is 0.930. The second-order valence-corrected chi connectivity index (χ2v) is 6.88. The Bertz CT molecular complexity index is 596. The van der Waals surface area contributed by atoms with E-state index in [1.807, 2.05) is 29.2 Å². The summed E-state index contributed by atoms with van der Waals surface area (Å²) >= 11 is 6.13. The van der Waals surface area contributed by atoms with E-state index in [0.717, 1.165) is 31.2 Å². The molecule has 1 heterocycles. The van der Waals surface area contributed by atoms with Gasteiger partial charge in [-0.3, -0.25) is 9.59 Å². The molecule has 0 aromatic heterocycles. The molecule has 3 rings (SSSR count). The Balaban J connectivity index is 1.88. The third-order valence-corrected chi connectivity index (χ3v) is 5.36. The van der Waals surface area contributed by atoms with Crippen LogP contribution >= 0.6 is 11.6 Å². The average molecular weight is 321 g/mol. The smallest absolute Gasteiger partial charge is 0.233 e. The first-order valence-electron chi connectivity index (χ1n) is 7.88. The van der Waals surface area contributed by atoms with E-state index in [4.69, 9.17) is 17.3 Å². The lowest BCUT2D eigenvalue weighted by Crippen LogP contribution is -2.45. The van der Waals surface area contributed by atoms with E-state index in [1.165, 1.54) is 0 Å². The Hall–Kier alpha value is -1.55. The number of rotatable bonds is 3. The van der Waals surface area contributed by atoms with Gasteiger partial charge in [0.2, 0.25) is 11.8 Å². The highest BCUT2D eigenvalue weighted by Crippen LogP contribution is 2.44. The first kappa shape index (κ1) is 15.3. The van der Waals surface area contributed by atoms with E-state index in [0.29, 0.717) is 24.5 Å². The fourth-order valence-corrected chi connectivity index (χ4v) is 4.06. The second kappa shape index (κ2) is 5.92. The van der Waals surface area contributed by atoms with E-state index in [9.17, 15) is 9.59 Å². The molecule has 2 N–H and O–H groups in total. The van der Waals surface area contributed by atoms with E-state index in [-0.39, 0.29) is 17.7 Å². The van der Waals surface area contributed by atoms with Crippen LogP contribution in [0.1, 0.15) is 37.7 Å². The number of carbonyl (C=O) groups is 2. The zero-order valence-electron chi connectivity index (χ0n) is 12.6. The number of nitrogens with two attached hydrogens (primary N) is 1. The molecule has 2 aliphatic rings. The summed E-state index contributed by atoms with van der Waals surface area (Å²) in [5.41, 5.74) is 5.91. The molecule has 2 amide bonds. The molecule has 0 bridgehead atoms. The summed E-state index contributed by atoms with van der Waals surface area (Å²) in [6, 6.07) is 7.64. The van der Waals surface area contributed by atoms with Gasteiger partial charge in [-0.15, -0.1) is 0 Å². The maximum absolute atomic E-state index is 13.2.